The van der Waals surface area contributed by atoms with Gasteiger partial charge in [-0.25, -0.2) is 8.42 Å². The van der Waals surface area contributed by atoms with Crippen LogP contribution in [0.2, 0.25) is 0 Å². The van der Waals surface area contributed by atoms with E-state index in [9.17, 15) is 18.1 Å². The molecule has 0 fully saturated rings. The van der Waals surface area contributed by atoms with E-state index in [1.807, 2.05) is 0 Å². The summed E-state index contributed by atoms with van der Waals surface area (Å²) in [6.45, 7) is 3.87. The monoisotopic (exact) mass is 416 g/mol. The summed E-state index contributed by atoms with van der Waals surface area (Å²) in [6, 6.07) is 0. The van der Waals surface area contributed by atoms with Gasteiger partial charge in [-0.15, -0.1) is 0 Å². The van der Waals surface area contributed by atoms with Crippen LogP contribution in [0.25, 0.3) is 0 Å². The van der Waals surface area contributed by atoms with E-state index in [1.165, 1.54) is 64.2 Å². The van der Waals surface area contributed by atoms with Gasteiger partial charge in [-0.1, -0.05) is 90.4 Å². The molecule has 0 saturated carbocycles. The molecule has 0 radical (unpaired) electrons. The van der Waals surface area contributed by atoms with Crippen molar-refractivity contribution in [3.05, 3.63) is 0 Å². The molecule has 2 atom stereocenters. The Kier molecular flexibility index (Phi) is 22.6. The molecule has 0 rings (SSSR count). The molecule has 1 N–H and O–H groups in total. The van der Waals surface area contributed by atoms with Crippen molar-refractivity contribution in [3.8, 4) is 0 Å². The molecule has 0 bridgehead atoms. The summed E-state index contributed by atoms with van der Waals surface area (Å²) in [4.78, 5) is 0. The van der Waals surface area contributed by atoms with E-state index >= 15 is 0 Å². The van der Waals surface area contributed by atoms with E-state index in [0.717, 1.165) is 19.3 Å². The maximum atomic E-state index is 11.3. The second kappa shape index (κ2) is 19.8. The molecule has 0 amide bonds. The number of unbranched alkanes of at least 4 members (excludes halogenated alkanes) is 12. The third-order valence-electron chi connectivity index (χ3n) is 4.94. The summed E-state index contributed by atoms with van der Waals surface area (Å²) in [7, 11) is -4.24. The van der Waals surface area contributed by atoms with Gasteiger partial charge in [-0.05, 0) is 26.2 Å². The van der Waals surface area contributed by atoms with E-state index < -0.39 is 21.5 Å². The SMILES string of the molecule is CCCCCCCCCCCCCCCC(CCC(C)O)S(=O)(=O)[O-].[K+]. The Balaban J connectivity index is 0. The molecule has 152 valence electrons. The molecule has 0 aliphatic heterocycles. The first kappa shape index (κ1) is 29.7. The largest absolute Gasteiger partial charge is 1.00 e. The van der Waals surface area contributed by atoms with Gasteiger partial charge in [0.2, 0.25) is 0 Å². The van der Waals surface area contributed by atoms with Crippen LogP contribution in [-0.2, 0) is 10.1 Å². The van der Waals surface area contributed by atoms with Crippen LogP contribution in [0.15, 0.2) is 0 Å². The first-order chi connectivity index (χ1) is 11.9. The molecule has 2 unspecified atom stereocenters. The van der Waals surface area contributed by atoms with Crippen LogP contribution in [0.5, 0.6) is 0 Å². The molecule has 0 heterocycles. The van der Waals surface area contributed by atoms with Crippen LogP contribution >= 0.6 is 0 Å². The number of aliphatic hydroxyl groups excluding tert-OH is 1. The van der Waals surface area contributed by atoms with Crippen LogP contribution in [0.3, 0.4) is 0 Å². The standard InChI is InChI=1S/C20H42O4S.K/c1-3-4-5-6-7-8-9-10-11-12-13-14-15-16-20(25(22,23)24)18-17-19(2)21;/h19-21H,3-18H2,1-2H3,(H,22,23,24);/q;+1/p-1. The zero-order chi connectivity index (χ0) is 19.0. The Morgan fingerprint density at radius 3 is 1.46 bits per heavy atom. The summed E-state index contributed by atoms with van der Waals surface area (Å²) < 4.78 is 33.8. The quantitative estimate of drug-likeness (QED) is 0.212. The topological polar surface area (TPSA) is 77.4 Å². The second-order valence-electron chi connectivity index (χ2n) is 7.57. The van der Waals surface area contributed by atoms with E-state index in [4.69, 9.17) is 0 Å². The number of rotatable bonds is 18. The fraction of sp³-hybridized carbons (Fsp3) is 1.00. The van der Waals surface area contributed by atoms with Crippen molar-refractivity contribution in [2.24, 2.45) is 0 Å². The minimum Gasteiger partial charge on any atom is -0.748 e. The molecule has 0 aliphatic rings. The average Bonchev–Trinajstić information content (AvgIpc) is 2.53. The first-order valence-corrected chi connectivity index (χ1v) is 12.0. The van der Waals surface area contributed by atoms with Gasteiger partial charge in [0.15, 0.2) is 0 Å². The van der Waals surface area contributed by atoms with Crippen LogP contribution in [0.4, 0.5) is 0 Å². The number of aliphatic hydroxyl groups is 1. The Labute approximate surface area is 205 Å². The van der Waals surface area contributed by atoms with E-state index in [0.29, 0.717) is 12.8 Å². The maximum Gasteiger partial charge on any atom is 1.00 e. The van der Waals surface area contributed by atoms with Gasteiger partial charge in [0, 0.05) is 5.25 Å². The molecule has 0 aromatic rings. The van der Waals surface area contributed by atoms with E-state index in [2.05, 4.69) is 6.92 Å². The van der Waals surface area contributed by atoms with Gasteiger partial charge in [-0.3, -0.25) is 0 Å². The van der Waals surface area contributed by atoms with Gasteiger partial charge in [0.1, 0.15) is 0 Å². The Bertz CT molecular complexity index is 385. The van der Waals surface area contributed by atoms with Crippen molar-refractivity contribution in [1.82, 2.24) is 0 Å². The van der Waals surface area contributed by atoms with Gasteiger partial charge in [0.25, 0.3) is 0 Å². The Hall–Kier alpha value is 1.51. The third kappa shape index (κ3) is 20.2. The van der Waals surface area contributed by atoms with Crippen molar-refractivity contribution < 1.29 is 69.5 Å². The summed E-state index contributed by atoms with van der Waals surface area (Å²) >= 11 is 0. The number of hydrogen-bond acceptors (Lipinski definition) is 4. The molecular weight excluding hydrogens is 375 g/mol. The molecule has 26 heavy (non-hydrogen) atoms. The third-order valence-corrected chi connectivity index (χ3v) is 6.23. The van der Waals surface area contributed by atoms with Gasteiger partial charge in [0.05, 0.1) is 16.2 Å². The molecule has 6 heteroatoms. The minimum absolute atomic E-state index is 0. The summed E-state index contributed by atoms with van der Waals surface area (Å²) in [5, 5.41) is 8.43. The van der Waals surface area contributed by atoms with Gasteiger partial charge >= 0.3 is 51.4 Å². The molecule has 0 aromatic heterocycles. The maximum absolute atomic E-state index is 11.3. The van der Waals surface area contributed by atoms with Crippen molar-refractivity contribution >= 4 is 10.1 Å². The van der Waals surface area contributed by atoms with Crippen LogP contribution in [0.1, 0.15) is 117 Å². The Morgan fingerprint density at radius 2 is 1.12 bits per heavy atom. The molecular formula is C20H41KO4S. The smallest absolute Gasteiger partial charge is 0.748 e. The normalized spacial score (nSPS) is 14.0. The summed E-state index contributed by atoms with van der Waals surface area (Å²) in [5.41, 5.74) is 0. The van der Waals surface area contributed by atoms with Crippen molar-refractivity contribution in [2.75, 3.05) is 0 Å². The van der Waals surface area contributed by atoms with Crippen LogP contribution in [0, 0.1) is 0 Å². The fourth-order valence-electron chi connectivity index (χ4n) is 3.25. The van der Waals surface area contributed by atoms with Crippen molar-refractivity contribution in [1.29, 1.82) is 0 Å². The minimum atomic E-state index is -4.24. The molecule has 0 aromatic carbocycles. The summed E-state index contributed by atoms with van der Waals surface area (Å²) in [5.74, 6) is 0. The Morgan fingerprint density at radius 1 is 0.731 bits per heavy atom. The van der Waals surface area contributed by atoms with Crippen molar-refractivity contribution in [2.45, 2.75) is 128 Å². The van der Waals surface area contributed by atoms with E-state index in [-0.39, 0.29) is 57.8 Å². The molecule has 0 saturated heterocycles. The first-order valence-electron chi connectivity index (χ1n) is 10.5. The van der Waals surface area contributed by atoms with Crippen LogP contribution < -0.4 is 51.4 Å². The summed E-state index contributed by atoms with van der Waals surface area (Å²) in [6.07, 6.45) is 16.8. The molecule has 4 nitrogen and oxygen atoms in total. The van der Waals surface area contributed by atoms with Gasteiger partial charge in [-0.2, -0.15) is 0 Å². The average molecular weight is 417 g/mol. The number of hydrogen-bond donors (Lipinski definition) is 1. The van der Waals surface area contributed by atoms with E-state index in [1.54, 1.807) is 6.92 Å². The predicted molar refractivity (Wildman–Crippen MR) is 105 cm³/mol. The zero-order valence-corrected chi connectivity index (χ0v) is 21.5. The zero-order valence-electron chi connectivity index (χ0n) is 17.5. The fourth-order valence-corrected chi connectivity index (χ4v) is 4.13. The van der Waals surface area contributed by atoms with Crippen LogP contribution in [-0.4, -0.2) is 29.4 Å². The molecule has 0 aliphatic carbocycles. The van der Waals surface area contributed by atoms with Crippen molar-refractivity contribution in [3.63, 3.8) is 0 Å². The van der Waals surface area contributed by atoms with Gasteiger partial charge < -0.3 is 9.66 Å². The molecule has 0 spiro atoms. The second-order valence-corrected chi connectivity index (χ2v) is 9.22. The predicted octanol–water partition coefficient (Wildman–Crippen LogP) is 2.55.